The van der Waals surface area contributed by atoms with Crippen LogP contribution < -0.4 is 0 Å². The molecule has 0 heterocycles. The van der Waals surface area contributed by atoms with Gasteiger partial charge in [0.15, 0.2) is 0 Å². The monoisotopic (exact) mass is 258 g/mol. The van der Waals surface area contributed by atoms with Gasteiger partial charge in [-0.05, 0) is 29.3 Å². The molecule has 0 fully saturated rings. The maximum atomic E-state index is 5.70. The molecule has 0 atom stereocenters. The van der Waals surface area contributed by atoms with Crippen LogP contribution in [0.5, 0.6) is 0 Å². The molecule has 0 saturated heterocycles. The standard InChI is InChI=1S/C11H12BrCl/c1-9(13)5-6-10-3-2-4-11(12)8-7-10/h2-3,7-8H,1,4-6H2. The summed E-state index contributed by atoms with van der Waals surface area (Å²) in [6.07, 6.45) is 11.3. The predicted molar refractivity (Wildman–Crippen MR) is 63.1 cm³/mol. The molecule has 13 heavy (non-hydrogen) atoms. The first-order valence-electron chi connectivity index (χ1n) is 4.23. The molecule has 0 spiro atoms. The van der Waals surface area contributed by atoms with Crippen molar-refractivity contribution in [3.05, 3.63) is 46.0 Å². The summed E-state index contributed by atoms with van der Waals surface area (Å²) in [4.78, 5) is 0. The van der Waals surface area contributed by atoms with Crippen molar-refractivity contribution in [1.29, 1.82) is 0 Å². The highest BCUT2D eigenvalue weighted by atomic mass is 79.9. The van der Waals surface area contributed by atoms with E-state index in [0.29, 0.717) is 0 Å². The van der Waals surface area contributed by atoms with Crippen LogP contribution in [0.3, 0.4) is 0 Å². The molecule has 0 saturated carbocycles. The van der Waals surface area contributed by atoms with Crippen LogP contribution in [0, 0.1) is 0 Å². The highest BCUT2D eigenvalue weighted by Gasteiger charge is 1.97. The topological polar surface area (TPSA) is 0 Å². The van der Waals surface area contributed by atoms with Crippen LogP contribution >= 0.6 is 27.5 Å². The fourth-order valence-corrected chi connectivity index (χ4v) is 1.50. The van der Waals surface area contributed by atoms with Crippen molar-refractivity contribution >= 4 is 27.5 Å². The smallest absolute Gasteiger partial charge is 0.0112 e. The summed E-state index contributed by atoms with van der Waals surface area (Å²) in [6, 6.07) is 0. The summed E-state index contributed by atoms with van der Waals surface area (Å²) in [5.41, 5.74) is 1.30. The first kappa shape index (κ1) is 10.8. The highest BCUT2D eigenvalue weighted by molar-refractivity contribution is 9.11. The molecule has 1 rings (SSSR count). The van der Waals surface area contributed by atoms with E-state index in [1.165, 1.54) is 10.1 Å². The second-order valence-electron chi connectivity index (χ2n) is 2.98. The summed E-state index contributed by atoms with van der Waals surface area (Å²) in [5, 5.41) is 0.724. The molecule has 0 bridgehead atoms. The summed E-state index contributed by atoms with van der Waals surface area (Å²) >= 11 is 9.16. The highest BCUT2D eigenvalue weighted by Crippen LogP contribution is 2.20. The Bertz CT molecular complexity index is 284. The Morgan fingerprint density at radius 2 is 2.31 bits per heavy atom. The van der Waals surface area contributed by atoms with Gasteiger partial charge in [0.2, 0.25) is 0 Å². The van der Waals surface area contributed by atoms with E-state index in [0.717, 1.165) is 24.3 Å². The minimum atomic E-state index is 0.724. The van der Waals surface area contributed by atoms with Gasteiger partial charge in [-0.15, -0.1) is 0 Å². The van der Waals surface area contributed by atoms with Crippen LogP contribution in [0.4, 0.5) is 0 Å². The molecular formula is C11H12BrCl. The average molecular weight is 260 g/mol. The van der Waals surface area contributed by atoms with Gasteiger partial charge in [0.05, 0.1) is 0 Å². The molecule has 2 heteroatoms. The first-order valence-corrected chi connectivity index (χ1v) is 5.40. The Kier molecular flexibility index (Phi) is 4.54. The van der Waals surface area contributed by atoms with Crippen molar-refractivity contribution in [3.8, 4) is 0 Å². The van der Waals surface area contributed by atoms with Crippen molar-refractivity contribution in [1.82, 2.24) is 0 Å². The molecule has 0 N–H and O–H groups in total. The fraction of sp³-hybridized carbons (Fsp3) is 0.273. The van der Waals surface area contributed by atoms with Crippen LogP contribution in [-0.2, 0) is 0 Å². The van der Waals surface area contributed by atoms with Crippen molar-refractivity contribution < 1.29 is 0 Å². The van der Waals surface area contributed by atoms with Crippen LogP contribution in [-0.4, -0.2) is 0 Å². The van der Waals surface area contributed by atoms with Crippen molar-refractivity contribution in [2.75, 3.05) is 0 Å². The molecule has 0 unspecified atom stereocenters. The number of allylic oxidation sites excluding steroid dienone is 7. The van der Waals surface area contributed by atoms with E-state index in [4.69, 9.17) is 11.6 Å². The minimum absolute atomic E-state index is 0.724. The number of halogens is 2. The fourth-order valence-electron chi connectivity index (χ4n) is 1.09. The Labute approximate surface area is 92.8 Å². The molecule has 0 amide bonds. The third-order valence-electron chi connectivity index (χ3n) is 1.81. The van der Waals surface area contributed by atoms with Gasteiger partial charge in [0, 0.05) is 5.03 Å². The predicted octanol–water partition coefficient (Wildman–Crippen LogP) is 4.68. The zero-order valence-corrected chi connectivity index (χ0v) is 9.74. The molecule has 0 nitrogen and oxygen atoms in total. The largest absolute Gasteiger partial charge is 0.0898 e. The van der Waals surface area contributed by atoms with Gasteiger partial charge < -0.3 is 0 Å². The SMILES string of the molecule is C=C(Cl)CCC1=CC=C(Br)CC=C1. The van der Waals surface area contributed by atoms with Crippen molar-refractivity contribution in [2.24, 2.45) is 0 Å². The second kappa shape index (κ2) is 5.46. The van der Waals surface area contributed by atoms with E-state index >= 15 is 0 Å². The lowest BCUT2D eigenvalue weighted by Crippen LogP contribution is -1.78. The number of rotatable bonds is 3. The molecule has 0 aromatic carbocycles. The van der Waals surface area contributed by atoms with Crippen molar-refractivity contribution in [3.63, 3.8) is 0 Å². The zero-order valence-electron chi connectivity index (χ0n) is 7.39. The van der Waals surface area contributed by atoms with Crippen LogP contribution in [0.25, 0.3) is 0 Å². The quantitative estimate of drug-likeness (QED) is 0.690. The van der Waals surface area contributed by atoms with E-state index in [1.54, 1.807) is 0 Å². The van der Waals surface area contributed by atoms with Crippen LogP contribution in [0.1, 0.15) is 19.3 Å². The Morgan fingerprint density at radius 3 is 3.00 bits per heavy atom. The van der Waals surface area contributed by atoms with Gasteiger partial charge in [-0.25, -0.2) is 0 Å². The van der Waals surface area contributed by atoms with Gasteiger partial charge in [-0.1, -0.05) is 58.4 Å². The van der Waals surface area contributed by atoms with Crippen LogP contribution in [0.15, 0.2) is 46.0 Å². The van der Waals surface area contributed by atoms with Gasteiger partial charge >= 0.3 is 0 Å². The third-order valence-corrected chi connectivity index (χ3v) is 2.59. The molecule has 70 valence electrons. The van der Waals surface area contributed by atoms with Gasteiger partial charge in [0.1, 0.15) is 0 Å². The lowest BCUT2D eigenvalue weighted by Gasteiger charge is -1.98. The molecular weight excluding hydrogens is 247 g/mol. The lowest BCUT2D eigenvalue weighted by molar-refractivity contribution is 0.995. The molecule has 0 aliphatic heterocycles. The maximum Gasteiger partial charge on any atom is 0.0112 e. The Morgan fingerprint density at radius 1 is 1.54 bits per heavy atom. The zero-order chi connectivity index (χ0) is 9.68. The number of hydrogen-bond acceptors (Lipinski definition) is 0. The van der Waals surface area contributed by atoms with E-state index in [1.807, 2.05) is 0 Å². The molecule has 1 aliphatic rings. The van der Waals surface area contributed by atoms with E-state index in [-0.39, 0.29) is 0 Å². The lowest BCUT2D eigenvalue weighted by atomic mass is 10.1. The maximum absolute atomic E-state index is 5.70. The Balaban J connectivity index is 2.54. The number of hydrogen-bond donors (Lipinski definition) is 0. The summed E-state index contributed by atoms with van der Waals surface area (Å²) in [7, 11) is 0. The first-order chi connectivity index (χ1) is 6.18. The second-order valence-corrected chi connectivity index (χ2v) is 4.53. The third kappa shape index (κ3) is 4.49. The minimum Gasteiger partial charge on any atom is -0.0898 e. The van der Waals surface area contributed by atoms with Gasteiger partial charge in [-0.2, -0.15) is 0 Å². The van der Waals surface area contributed by atoms with E-state index in [2.05, 4.69) is 46.8 Å². The molecule has 1 aliphatic carbocycles. The van der Waals surface area contributed by atoms with Gasteiger partial charge in [0.25, 0.3) is 0 Å². The van der Waals surface area contributed by atoms with Gasteiger partial charge in [-0.3, -0.25) is 0 Å². The van der Waals surface area contributed by atoms with E-state index in [9.17, 15) is 0 Å². The summed E-state index contributed by atoms with van der Waals surface area (Å²) in [5.74, 6) is 0. The molecule has 0 radical (unpaired) electrons. The molecule has 0 aromatic heterocycles. The molecule has 0 aromatic rings. The normalized spacial score (nSPS) is 16.2. The summed E-state index contributed by atoms with van der Waals surface area (Å²) < 4.78 is 1.21. The Hall–Kier alpha value is -0.270. The van der Waals surface area contributed by atoms with Crippen LogP contribution in [0.2, 0.25) is 0 Å². The van der Waals surface area contributed by atoms with E-state index < -0.39 is 0 Å². The van der Waals surface area contributed by atoms with Crippen molar-refractivity contribution in [2.45, 2.75) is 19.3 Å². The summed E-state index contributed by atoms with van der Waals surface area (Å²) in [6.45, 7) is 3.67. The average Bonchev–Trinajstić information content (AvgIpc) is 2.27.